The van der Waals surface area contributed by atoms with Crippen LogP contribution in [-0.2, 0) is 9.47 Å². The van der Waals surface area contributed by atoms with Crippen molar-refractivity contribution < 1.29 is 9.47 Å². The molecular weight excluding hydrogens is 212 g/mol. The van der Waals surface area contributed by atoms with Crippen LogP contribution in [0.1, 0.15) is 40.0 Å². The van der Waals surface area contributed by atoms with Crippen molar-refractivity contribution in [2.24, 2.45) is 23.2 Å². The first-order valence-electron chi connectivity index (χ1n) is 7.09. The van der Waals surface area contributed by atoms with Gasteiger partial charge in [-0.2, -0.15) is 0 Å². The molecular formula is C15H22O2. The van der Waals surface area contributed by atoms with Crippen LogP contribution in [0.3, 0.4) is 0 Å². The lowest BCUT2D eigenvalue weighted by molar-refractivity contribution is -0.258. The van der Waals surface area contributed by atoms with E-state index in [0.29, 0.717) is 23.9 Å². The first-order chi connectivity index (χ1) is 8.08. The van der Waals surface area contributed by atoms with Crippen molar-refractivity contribution in [3.8, 4) is 0 Å². The van der Waals surface area contributed by atoms with Crippen LogP contribution in [0.25, 0.3) is 0 Å². The summed E-state index contributed by atoms with van der Waals surface area (Å²) in [5, 5.41) is 0. The Morgan fingerprint density at radius 3 is 2.94 bits per heavy atom. The maximum absolute atomic E-state index is 6.44. The Kier molecular flexibility index (Phi) is 1.85. The maximum atomic E-state index is 6.44. The molecule has 0 amide bonds. The van der Waals surface area contributed by atoms with Crippen LogP contribution in [0.15, 0.2) is 12.2 Å². The third-order valence-electron chi connectivity index (χ3n) is 6.34. The van der Waals surface area contributed by atoms with Gasteiger partial charge in [-0.05, 0) is 25.2 Å². The van der Waals surface area contributed by atoms with Gasteiger partial charge in [-0.3, -0.25) is 0 Å². The molecule has 0 aromatic heterocycles. The summed E-state index contributed by atoms with van der Waals surface area (Å²) in [6.45, 7) is 7.18. The van der Waals surface area contributed by atoms with Crippen LogP contribution in [0, 0.1) is 23.2 Å². The molecule has 0 N–H and O–H groups in total. The summed E-state index contributed by atoms with van der Waals surface area (Å²) in [6.07, 6.45) is 8.72. The van der Waals surface area contributed by atoms with E-state index in [0.717, 1.165) is 6.42 Å². The van der Waals surface area contributed by atoms with E-state index in [-0.39, 0.29) is 17.3 Å². The van der Waals surface area contributed by atoms with E-state index in [1.54, 1.807) is 0 Å². The first kappa shape index (κ1) is 10.6. The van der Waals surface area contributed by atoms with E-state index in [1.807, 2.05) is 0 Å². The van der Waals surface area contributed by atoms with Crippen molar-refractivity contribution in [2.75, 3.05) is 0 Å². The molecule has 17 heavy (non-hydrogen) atoms. The maximum Gasteiger partial charge on any atom is 0.162 e. The second kappa shape index (κ2) is 2.97. The highest BCUT2D eigenvalue weighted by atomic mass is 16.7. The normalized spacial score (nSPS) is 63.8. The molecule has 0 radical (unpaired) electrons. The zero-order chi connectivity index (χ0) is 11.8. The Bertz CT molecular complexity index is 390. The number of hydrogen-bond donors (Lipinski definition) is 0. The van der Waals surface area contributed by atoms with Gasteiger partial charge < -0.3 is 9.47 Å². The quantitative estimate of drug-likeness (QED) is 0.599. The Morgan fingerprint density at radius 2 is 2.12 bits per heavy atom. The molecule has 3 fully saturated rings. The van der Waals surface area contributed by atoms with E-state index in [2.05, 4.69) is 32.9 Å². The van der Waals surface area contributed by atoms with Crippen molar-refractivity contribution in [2.45, 2.75) is 58.0 Å². The lowest BCUT2D eigenvalue weighted by Crippen LogP contribution is -2.65. The lowest BCUT2D eigenvalue weighted by atomic mass is 9.47. The number of hydrogen-bond acceptors (Lipinski definition) is 2. The molecule has 7 atom stereocenters. The molecule has 1 saturated carbocycles. The van der Waals surface area contributed by atoms with Crippen LogP contribution < -0.4 is 0 Å². The summed E-state index contributed by atoms with van der Waals surface area (Å²) >= 11 is 0. The highest BCUT2D eigenvalue weighted by molar-refractivity contribution is 5.25. The van der Waals surface area contributed by atoms with Gasteiger partial charge in [0.25, 0.3) is 0 Å². The SMILES string of the molecule is CC1C2OC3CCC4(C=CCC(C)C4(C)C31)O2. The molecule has 3 bridgehead atoms. The summed E-state index contributed by atoms with van der Waals surface area (Å²) in [6, 6.07) is 0. The van der Waals surface area contributed by atoms with Gasteiger partial charge in [-0.15, -0.1) is 0 Å². The van der Waals surface area contributed by atoms with Gasteiger partial charge in [0.05, 0.1) is 11.7 Å². The lowest BCUT2D eigenvalue weighted by Gasteiger charge is -2.62. The fourth-order valence-electron chi connectivity index (χ4n) is 5.26. The average molecular weight is 234 g/mol. The van der Waals surface area contributed by atoms with Gasteiger partial charge in [0.15, 0.2) is 6.29 Å². The Balaban J connectivity index is 1.92. The molecule has 2 aliphatic carbocycles. The molecule has 2 aliphatic heterocycles. The van der Waals surface area contributed by atoms with E-state index in [9.17, 15) is 0 Å². The van der Waals surface area contributed by atoms with Gasteiger partial charge in [-0.1, -0.05) is 32.9 Å². The van der Waals surface area contributed by atoms with Crippen molar-refractivity contribution in [3.05, 3.63) is 12.2 Å². The topological polar surface area (TPSA) is 18.5 Å². The van der Waals surface area contributed by atoms with Crippen molar-refractivity contribution in [1.29, 1.82) is 0 Å². The molecule has 0 aromatic carbocycles. The zero-order valence-electron chi connectivity index (χ0n) is 11.0. The molecule has 7 unspecified atom stereocenters. The van der Waals surface area contributed by atoms with Crippen LogP contribution in [0.5, 0.6) is 0 Å². The first-order valence-corrected chi connectivity index (χ1v) is 7.09. The monoisotopic (exact) mass is 234 g/mol. The van der Waals surface area contributed by atoms with Gasteiger partial charge >= 0.3 is 0 Å². The van der Waals surface area contributed by atoms with Gasteiger partial charge in [0.1, 0.15) is 0 Å². The number of ether oxygens (including phenoxy) is 2. The van der Waals surface area contributed by atoms with Crippen LogP contribution in [-0.4, -0.2) is 18.0 Å². The molecule has 2 heterocycles. The number of rotatable bonds is 0. The minimum absolute atomic E-state index is 0.0283. The smallest absolute Gasteiger partial charge is 0.162 e. The van der Waals surface area contributed by atoms with Crippen LogP contribution >= 0.6 is 0 Å². The van der Waals surface area contributed by atoms with Gasteiger partial charge in [0, 0.05) is 17.3 Å². The zero-order valence-corrected chi connectivity index (χ0v) is 11.0. The second-order valence-electron chi connectivity index (χ2n) is 6.80. The van der Waals surface area contributed by atoms with E-state index in [4.69, 9.17) is 9.47 Å². The summed E-state index contributed by atoms with van der Waals surface area (Å²) in [7, 11) is 0. The largest absolute Gasteiger partial charge is 0.349 e. The van der Waals surface area contributed by atoms with E-state index >= 15 is 0 Å². The van der Waals surface area contributed by atoms with Gasteiger partial charge in [-0.25, -0.2) is 0 Å². The third-order valence-corrected chi connectivity index (χ3v) is 6.34. The minimum Gasteiger partial charge on any atom is -0.349 e. The average Bonchev–Trinajstić information content (AvgIpc) is 2.47. The molecule has 4 rings (SSSR count). The number of allylic oxidation sites excluding steroid dienone is 1. The Labute approximate surface area is 103 Å². The number of fused-ring (bicyclic) bond motifs is 1. The summed E-state index contributed by atoms with van der Waals surface area (Å²) in [5.41, 5.74) is 0.247. The van der Waals surface area contributed by atoms with Crippen molar-refractivity contribution >= 4 is 0 Å². The Morgan fingerprint density at radius 1 is 1.29 bits per heavy atom. The van der Waals surface area contributed by atoms with E-state index < -0.39 is 0 Å². The van der Waals surface area contributed by atoms with Crippen LogP contribution in [0.2, 0.25) is 0 Å². The van der Waals surface area contributed by atoms with Crippen molar-refractivity contribution in [1.82, 2.24) is 0 Å². The molecule has 0 aromatic rings. The van der Waals surface area contributed by atoms with Gasteiger partial charge in [0.2, 0.25) is 0 Å². The van der Waals surface area contributed by atoms with E-state index in [1.165, 1.54) is 12.8 Å². The fourth-order valence-corrected chi connectivity index (χ4v) is 5.26. The highest BCUT2D eigenvalue weighted by Gasteiger charge is 2.70. The Hall–Kier alpha value is -0.340. The third kappa shape index (κ3) is 0.978. The molecule has 94 valence electrons. The summed E-state index contributed by atoms with van der Waals surface area (Å²) in [4.78, 5) is 0. The summed E-state index contributed by atoms with van der Waals surface area (Å²) < 4.78 is 12.6. The standard InChI is InChI=1S/C15H22O2/c1-9-5-4-7-15-8-6-11-12(14(9,15)3)10(2)13(16-11)17-15/h4,7,9-13H,5-6,8H2,1-3H3. The molecule has 2 heteroatoms. The highest BCUT2D eigenvalue weighted by Crippen LogP contribution is 2.67. The summed E-state index contributed by atoms with van der Waals surface area (Å²) in [5.74, 6) is 1.95. The van der Waals surface area contributed by atoms with Crippen molar-refractivity contribution in [3.63, 3.8) is 0 Å². The molecule has 2 nitrogen and oxygen atoms in total. The second-order valence-corrected chi connectivity index (χ2v) is 6.80. The minimum atomic E-state index is -0.0283. The molecule has 0 spiro atoms. The van der Waals surface area contributed by atoms with Crippen LogP contribution in [0.4, 0.5) is 0 Å². The molecule has 2 saturated heterocycles. The predicted octanol–water partition coefficient (Wildman–Crippen LogP) is 3.13. The molecule has 4 aliphatic rings. The fraction of sp³-hybridized carbons (Fsp3) is 0.867. The predicted molar refractivity (Wildman–Crippen MR) is 65.4 cm³/mol.